The van der Waals surface area contributed by atoms with Crippen LogP contribution in [-0.2, 0) is 6.42 Å². The van der Waals surface area contributed by atoms with Crippen molar-refractivity contribution < 1.29 is 9.90 Å². The first-order chi connectivity index (χ1) is 14.9. The van der Waals surface area contributed by atoms with Crippen LogP contribution in [0.5, 0.6) is 0 Å². The van der Waals surface area contributed by atoms with Crippen LogP contribution in [0.25, 0.3) is 0 Å². The van der Waals surface area contributed by atoms with Crippen LogP contribution >= 0.6 is 11.6 Å². The summed E-state index contributed by atoms with van der Waals surface area (Å²) in [6.07, 6.45) is 4.03. The molecule has 1 aliphatic heterocycles. The van der Waals surface area contributed by atoms with Crippen LogP contribution < -0.4 is 10.2 Å². The molecule has 1 unspecified atom stereocenters. The quantitative estimate of drug-likeness (QED) is 0.576. The fourth-order valence-electron chi connectivity index (χ4n) is 4.04. The number of nitrogens with one attached hydrogen (secondary N) is 1. The molecule has 0 saturated heterocycles. The predicted molar refractivity (Wildman–Crippen MR) is 125 cm³/mol. The number of halogens is 1. The molecule has 3 aromatic rings. The standard InChI is InChI=1S/C24H25ClN4O2/c1-28-12-10-16-13-19(29(2)18-5-3-17(25)4-6-18)7-8-20(16)23(28)15-27-22-14-26-11-9-21(22)24(30)31/h3-9,11,13-14,23,27H,10,12,15H2,1-2H3,(H,30,31). The third-order valence-electron chi connectivity index (χ3n) is 5.89. The number of hydrogen-bond acceptors (Lipinski definition) is 5. The van der Waals surface area contributed by atoms with Gasteiger partial charge < -0.3 is 15.3 Å². The summed E-state index contributed by atoms with van der Waals surface area (Å²) in [5, 5.41) is 13.4. The highest BCUT2D eigenvalue weighted by Gasteiger charge is 2.25. The molecule has 2 aromatic carbocycles. The Kier molecular flexibility index (Phi) is 6.11. The van der Waals surface area contributed by atoms with E-state index in [1.165, 1.54) is 23.4 Å². The van der Waals surface area contributed by atoms with E-state index < -0.39 is 5.97 Å². The van der Waals surface area contributed by atoms with Gasteiger partial charge in [0.05, 0.1) is 23.5 Å². The van der Waals surface area contributed by atoms with Gasteiger partial charge >= 0.3 is 5.97 Å². The zero-order valence-corrected chi connectivity index (χ0v) is 18.3. The minimum Gasteiger partial charge on any atom is -0.478 e. The number of benzene rings is 2. The lowest BCUT2D eigenvalue weighted by Crippen LogP contribution is -2.36. The van der Waals surface area contributed by atoms with Crippen molar-refractivity contribution in [2.24, 2.45) is 0 Å². The zero-order chi connectivity index (χ0) is 22.0. The fraction of sp³-hybridized carbons (Fsp3) is 0.250. The maximum Gasteiger partial charge on any atom is 0.337 e. The molecule has 31 heavy (non-hydrogen) atoms. The molecular formula is C24H25ClN4O2. The van der Waals surface area contributed by atoms with Crippen molar-refractivity contribution in [1.29, 1.82) is 0 Å². The van der Waals surface area contributed by atoms with E-state index in [-0.39, 0.29) is 11.6 Å². The van der Waals surface area contributed by atoms with Crippen LogP contribution in [0.2, 0.25) is 5.02 Å². The van der Waals surface area contributed by atoms with Crippen molar-refractivity contribution in [2.45, 2.75) is 12.5 Å². The molecule has 0 fully saturated rings. The Morgan fingerprint density at radius 2 is 1.97 bits per heavy atom. The number of carbonyl (C=O) groups is 1. The summed E-state index contributed by atoms with van der Waals surface area (Å²) in [6, 6.07) is 16.0. The molecule has 0 aliphatic carbocycles. The Morgan fingerprint density at radius 3 is 2.71 bits per heavy atom. The Morgan fingerprint density at radius 1 is 1.23 bits per heavy atom. The van der Waals surface area contributed by atoms with Crippen molar-refractivity contribution in [3.8, 4) is 0 Å². The molecule has 0 bridgehead atoms. The molecule has 0 saturated carbocycles. The molecule has 0 radical (unpaired) electrons. The molecule has 1 atom stereocenters. The second kappa shape index (κ2) is 8.96. The van der Waals surface area contributed by atoms with Crippen molar-refractivity contribution >= 4 is 34.6 Å². The molecule has 0 amide bonds. The van der Waals surface area contributed by atoms with Gasteiger partial charge in [0, 0.05) is 42.7 Å². The van der Waals surface area contributed by atoms with E-state index in [2.05, 4.69) is 52.4 Å². The molecule has 160 valence electrons. The highest BCUT2D eigenvalue weighted by Crippen LogP contribution is 2.34. The molecule has 1 aromatic heterocycles. The van der Waals surface area contributed by atoms with Crippen molar-refractivity contribution in [3.05, 3.63) is 82.6 Å². The summed E-state index contributed by atoms with van der Waals surface area (Å²) in [5.41, 5.74) is 5.54. The van der Waals surface area contributed by atoms with Gasteiger partial charge in [-0.3, -0.25) is 9.88 Å². The summed E-state index contributed by atoms with van der Waals surface area (Å²) >= 11 is 6.02. The smallest absolute Gasteiger partial charge is 0.337 e. The first-order valence-electron chi connectivity index (χ1n) is 10.2. The van der Waals surface area contributed by atoms with Gasteiger partial charge in [0.2, 0.25) is 0 Å². The summed E-state index contributed by atoms with van der Waals surface area (Å²) < 4.78 is 0. The lowest BCUT2D eigenvalue weighted by Gasteiger charge is -2.35. The number of hydrogen-bond donors (Lipinski definition) is 2. The Bertz CT molecular complexity index is 1090. The maximum absolute atomic E-state index is 11.5. The van der Waals surface area contributed by atoms with Crippen LogP contribution in [0.4, 0.5) is 17.1 Å². The van der Waals surface area contributed by atoms with Gasteiger partial charge in [-0.1, -0.05) is 17.7 Å². The largest absolute Gasteiger partial charge is 0.478 e. The number of anilines is 3. The van der Waals surface area contributed by atoms with E-state index in [0.29, 0.717) is 12.2 Å². The summed E-state index contributed by atoms with van der Waals surface area (Å²) in [7, 11) is 4.15. The van der Waals surface area contributed by atoms with Crippen molar-refractivity contribution in [1.82, 2.24) is 9.88 Å². The normalized spacial score (nSPS) is 15.9. The highest BCUT2D eigenvalue weighted by molar-refractivity contribution is 6.30. The van der Waals surface area contributed by atoms with Crippen LogP contribution in [0.1, 0.15) is 27.5 Å². The van der Waals surface area contributed by atoms with Crippen LogP contribution in [-0.4, -0.2) is 48.1 Å². The molecule has 1 aliphatic rings. The van der Waals surface area contributed by atoms with Crippen molar-refractivity contribution in [3.63, 3.8) is 0 Å². The van der Waals surface area contributed by atoms with Gasteiger partial charge in [0.1, 0.15) is 0 Å². The number of likely N-dealkylation sites (N-methyl/N-ethyl adjacent to an activating group) is 1. The molecule has 4 rings (SSSR count). The van der Waals surface area contributed by atoms with Gasteiger partial charge in [0.25, 0.3) is 0 Å². The molecule has 0 spiro atoms. The zero-order valence-electron chi connectivity index (χ0n) is 17.5. The van der Waals surface area contributed by atoms with Crippen LogP contribution in [0, 0.1) is 0 Å². The third-order valence-corrected chi connectivity index (χ3v) is 6.14. The summed E-state index contributed by atoms with van der Waals surface area (Å²) in [4.78, 5) is 20.0. The van der Waals surface area contributed by atoms with Gasteiger partial charge in [0.15, 0.2) is 0 Å². The van der Waals surface area contributed by atoms with E-state index in [4.69, 9.17) is 11.6 Å². The predicted octanol–water partition coefficient (Wildman–Crippen LogP) is 4.84. The second-order valence-corrected chi connectivity index (χ2v) is 8.21. The van der Waals surface area contributed by atoms with Gasteiger partial charge in [-0.05, 0) is 67.1 Å². The fourth-order valence-corrected chi connectivity index (χ4v) is 4.17. The number of aromatic nitrogens is 1. The first kappa shape index (κ1) is 21.2. The topological polar surface area (TPSA) is 68.7 Å². The number of carboxylic acids is 1. The maximum atomic E-state index is 11.5. The minimum absolute atomic E-state index is 0.139. The van der Waals surface area contributed by atoms with E-state index in [1.54, 1.807) is 6.20 Å². The molecule has 2 N–H and O–H groups in total. The average molecular weight is 437 g/mol. The highest BCUT2D eigenvalue weighted by atomic mass is 35.5. The SMILES string of the molecule is CN(c1ccc(Cl)cc1)c1ccc2c(c1)CCN(C)C2CNc1cnccc1C(=O)O. The minimum atomic E-state index is -0.961. The van der Waals surface area contributed by atoms with Gasteiger partial charge in [-0.25, -0.2) is 4.79 Å². The lowest BCUT2D eigenvalue weighted by atomic mass is 9.92. The number of nitrogens with zero attached hydrogens (tertiary/aromatic N) is 3. The van der Waals surface area contributed by atoms with Gasteiger partial charge in [-0.15, -0.1) is 0 Å². The molecular weight excluding hydrogens is 412 g/mol. The monoisotopic (exact) mass is 436 g/mol. The van der Waals surface area contributed by atoms with Crippen LogP contribution in [0.3, 0.4) is 0 Å². The van der Waals surface area contributed by atoms with Crippen LogP contribution in [0.15, 0.2) is 60.9 Å². The summed E-state index contributed by atoms with van der Waals surface area (Å²) in [6.45, 7) is 1.54. The number of rotatable bonds is 6. The molecule has 7 heteroatoms. The van der Waals surface area contributed by atoms with E-state index >= 15 is 0 Å². The van der Waals surface area contributed by atoms with Gasteiger partial charge in [-0.2, -0.15) is 0 Å². The third kappa shape index (κ3) is 4.50. The van der Waals surface area contributed by atoms with E-state index in [9.17, 15) is 9.90 Å². The first-order valence-corrected chi connectivity index (χ1v) is 10.6. The van der Waals surface area contributed by atoms with E-state index in [0.717, 1.165) is 29.4 Å². The number of carboxylic acid groups (broad SMARTS) is 1. The Labute approximate surface area is 187 Å². The van der Waals surface area contributed by atoms with Crippen molar-refractivity contribution in [2.75, 3.05) is 37.4 Å². The second-order valence-electron chi connectivity index (χ2n) is 7.77. The molecule has 2 heterocycles. The average Bonchev–Trinajstić information content (AvgIpc) is 2.78. The lowest BCUT2D eigenvalue weighted by molar-refractivity contribution is 0.0697. The Hall–Kier alpha value is -3.09. The number of pyridine rings is 1. The number of aromatic carboxylic acids is 1. The summed E-state index contributed by atoms with van der Waals surface area (Å²) in [5.74, 6) is -0.961. The van der Waals surface area contributed by atoms with E-state index in [1.807, 2.05) is 24.3 Å². The molecule has 6 nitrogen and oxygen atoms in total. The number of fused-ring (bicyclic) bond motifs is 1. The Balaban J connectivity index is 1.56.